The number of ether oxygens (including phenoxy) is 2. The molecule has 1 atom stereocenters. The normalized spacial score (nSPS) is 18.2. The van der Waals surface area contributed by atoms with Crippen LogP contribution >= 0.6 is 22.9 Å². The third-order valence-electron chi connectivity index (χ3n) is 3.86. The van der Waals surface area contributed by atoms with Crippen molar-refractivity contribution in [1.29, 1.82) is 0 Å². The van der Waals surface area contributed by atoms with Crippen molar-refractivity contribution in [1.82, 2.24) is 4.98 Å². The van der Waals surface area contributed by atoms with Crippen LogP contribution in [0.2, 0.25) is 5.02 Å². The zero-order valence-corrected chi connectivity index (χ0v) is 14.1. The fourth-order valence-electron chi connectivity index (χ4n) is 2.65. The van der Waals surface area contributed by atoms with Gasteiger partial charge in [0.2, 0.25) is 0 Å². The van der Waals surface area contributed by atoms with E-state index in [0.717, 1.165) is 57.4 Å². The van der Waals surface area contributed by atoms with E-state index in [1.165, 1.54) is 0 Å². The highest BCUT2D eigenvalue weighted by atomic mass is 35.5. The Labute approximate surface area is 143 Å². The average Bonchev–Trinajstić information content (AvgIpc) is 2.99. The minimum atomic E-state index is -0.112. The van der Waals surface area contributed by atoms with E-state index in [1.807, 2.05) is 42.5 Å². The van der Waals surface area contributed by atoms with Gasteiger partial charge < -0.3 is 9.47 Å². The van der Waals surface area contributed by atoms with E-state index < -0.39 is 0 Å². The molecule has 0 N–H and O–H groups in total. The molecule has 2 aromatic carbocycles. The van der Waals surface area contributed by atoms with E-state index in [9.17, 15) is 0 Å². The molecule has 1 aliphatic heterocycles. The van der Waals surface area contributed by atoms with Crippen LogP contribution < -0.4 is 4.74 Å². The van der Waals surface area contributed by atoms with Crippen molar-refractivity contribution in [2.24, 2.45) is 0 Å². The number of hydrogen-bond acceptors (Lipinski definition) is 4. The summed E-state index contributed by atoms with van der Waals surface area (Å²) in [4.78, 5) is 4.66. The van der Waals surface area contributed by atoms with E-state index in [4.69, 9.17) is 21.1 Å². The minimum Gasteiger partial charge on any atom is -0.465 e. The lowest BCUT2D eigenvalue weighted by molar-refractivity contribution is -0.105. The molecule has 3 aromatic rings. The number of thiazole rings is 1. The van der Waals surface area contributed by atoms with Crippen molar-refractivity contribution in [2.45, 2.75) is 25.6 Å². The van der Waals surface area contributed by atoms with E-state index in [2.05, 4.69) is 4.98 Å². The van der Waals surface area contributed by atoms with Gasteiger partial charge in [0, 0.05) is 17.0 Å². The van der Waals surface area contributed by atoms with Crippen molar-refractivity contribution in [3.8, 4) is 16.3 Å². The third-order valence-corrected chi connectivity index (χ3v) is 5.16. The first kappa shape index (κ1) is 14.9. The molecule has 5 heteroatoms. The lowest BCUT2D eigenvalue weighted by atomic mass is 10.2. The SMILES string of the molecule is Clc1ccc2nc(-c3ccc(OC4CCCCO4)cc3)sc2c1. The Balaban J connectivity index is 1.54. The molecule has 1 aromatic heterocycles. The van der Waals surface area contributed by atoms with Gasteiger partial charge in [0.25, 0.3) is 0 Å². The summed E-state index contributed by atoms with van der Waals surface area (Å²) >= 11 is 7.68. The fraction of sp³-hybridized carbons (Fsp3) is 0.278. The summed E-state index contributed by atoms with van der Waals surface area (Å²) in [5.41, 5.74) is 2.06. The maximum Gasteiger partial charge on any atom is 0.199 e. The Hall–Kier alpha value is -1.62. The van der Waals surface area contributed by atoms with E-state index in [0.29, 0.717) is 0 Å². The molecule has 0 saturated carbocycles. The van der Waals surface area contributed by atoms with Gasteiger partial charge in [0.15, 0.2) is 6.29 Å². The lowest BCUT2D eigenvalue weighted by Crippen LogP contribution is -2.24. The summed E-state index contributed by atoms with van der Waals surface area (Å²) in [6.45, 7) is 0.789. The average molecular weight is 346 g/mol. The van der Waals surface area contributed by atoms with Gasteiger partial charge in [-0.1, -0.05) is 11.6 Å². The Morgan fingerprint density at radius 1 is 1.13 bits per heavy atom. The number of fused-ring (bicyclic) bond motifs is 1. The second-order valence-corrected chi connectivity index (χ2v) is 7.04. The molecule has 118 valence electrons. The van der Waals surface area contributed by atoms with Crippen LogP contribution in [0, 0.1) is 0 Å². The van der Waals surface area contributed by atoms with Crippen LogP contribution in [0.5, 0.6) is 5.75 Å². The zero-order chi connectivity index (χ0) is 15.6. The fourth-order valence-corrected chi connectivity index (χ4v) is 3.90. The Kier molecular flexibility index (Phi) is 4.21. The maximum atomic E-state index is 6.04. The molecule has 1 unspecified atom stereocenters. The van der Waals surface area contributed by atoms with Crippen LogP contribution in [0.1, 0.15) is 19.3 Å². The van der Waals surface area contributed by atoms with Crippen molar-refractivity contribution < 1.29 is 9.47 Å². The molecule has 1 saturated heterocycles. The monoisotopic (exact) mass is 345 g/mol. The Morgan fingerprint density at radius 3 is 2.78 bits per heavy atom. The van der Waals surface area contributed by atoms with Gasteiger partial charge in [0.05, 0.1) is 16.8 Å². The third kappa shape index (κ3) is 3.34. The predicted octanol–water partition coefficient (Wildman–Crippen LogP) is 5.52. The molecule has 0 radical (unpaired) electrons. The topological polar surface area (TPSA) is 31.4 Å². The van der Waals surface area contributed by atoms with E-state index in [1.54, 1.807) is 11.3 Å². The first-order chi connectivity index (χ1) is 11.3. The van der Waals surface area contributed by atoms with Crippen LogP contribution in [0.15, 0.2) is 42.5 Å². The van der Waals surface area contributed by atoms with E-state index in [-0.39, 0.29) is 6.29 Å². The van der Waals surface area contributed by atoms with Crippen LogP contribution in [-0.4, -0.2) is 17.9 Å². The molecular weight excluding hydrogens is 330 g/mol. The van der Waals surface area contributed by atoms with Crippen LogP contribution in [-0.2, 0) is 4.74 Å². The minimum absolute atomic E-state index is 0.112. The number of benzene rings is 2. The van der Waals surface area contributed by atoms with Gasteiger partial charge in [-0.25, -0.2) is 4.98 Å². The number of rotatable bonds is 3. The molecule has 0 aliphatic carbocycles. The highest BCUT2D eigenvalue weighted by Crippen LogP contribution is 2.32. The molecule has 0 spiro atoms. The summed E-state index contributed by atoms with van der Waals surface area (Å²) in [5, 5.41) is 1.73. The molecule has 1 aliphatic rings. The molecule has 3 nitrogen and oxygen atoms in total. The summed E-state index contributed by atoms with van der Waals surface area (Å²) in [7, 11) is 0. The van der Waals surface area contributed by atoms with Crippen molar-refractivity contribution >= 4 is 33.2 Å². The lowest BCUT2D eigenvalue weighted by Gasteiger charge is -2.23. The first-order valence-corrected chi connectivity index (χ1v) is 8.92. The summed E-state index contributed by atoms with van der Waals surface area (Å²) in [5.74, 6) is 0.838. The Morgan fingerprint density at radius 2 is 2.00 bits per heavy atom. The quantitative estimate of drug-likeness (QED) is 0.626. The van der Waals surface area contributed by atoms with Crippen LogP contribution in [0.4, 0.5) is 0 Å². The molecule has 0 amide bonds. The summed E-state index contributed by atoms with van der Waals surface area (Å²) in [6.07, 6.45) is 3.14. The van der Waals surface area contributed by atoms with Gasteiger partial charge >= 0.3 is 0 Å². The van der Waals surface area contributed by atoms with Gasteiger partial charge in [-0.3, -0.25) is 0 Å². The Bertz CT molecular complexity index is 810. The molecule has 23 heavy (non-hydrogen) atoms. The zero-order valence-electron chi connectivity index (χ0n) is 12.5. The van der Waals surface area contributed by atoms with Gasteiger partial charge in [0.1, 0.15) is 10.8 Å². The highest BCUT2D eigenvalue weighted by molar-refractivity contribution is 7.21. The summed E-state index contributed by atoms with van der Waals surface area (Å²) < 4.78 is 12.6. The molecule has 0 bridgehead atoms. The second kappa shape index (κ2) is 6.48. The van der Waals surface area contributed by atoms with E-state index >= 15 is 0 Å². The summed E-state index contributed by atoms with van der Waals surface area (Å²) in [6, 6.07) is 13.8. The van der Waals surface area contributed by atoms with Gasteiger partial charge in [-0.2, -0.15) is 0 Å². The number of aromatic nitrogens is 1. The highest BCUT2D eigenvalue weighted by Gasteiger charge is 2.15. The van der Waals surface area contributed by atoms with Crippen molar-refractivity contribution in [2.75, 3.05) is 6.61 Å². The molecule has 1 fully saturated rings. The first-order valence-electron chi connectivity index (χ1n) is 7.73. The number of halogens is 1. The van der Waals surface area contributed by atoms with Crippen molar-refractivity contribution in [3.63, 3.8) is 0 Å². The van der Waals surface area contributed by atoms with Crippen LogP contribution in [0.3, 0.4) is 0 Å². The number of nitrogens with zero attached hydrogens (tertiary/aromatic N) is 1. The second-order valence-electron chi connectivity index (χ2n) is 5.57. The van der Waals surface area contributed by atoms with Crippen LogP contribution in [0.25, 0.3) is 20.8 Å². The number of hydrogen-bond donors (Lipinski definition) is 0. The molecule has 4 rings (SSSR count). The largest absolute Gasteiger partial charge is 0.465 e. The standard InChI is InChI=1S/C18H16ClNO2S/c19-13-6-9-15-16(11-13)23-18(20-15)12-4-7-14(8-5-12)22-17-3-1-2-10-21-17/h4-9,11,17H,1-3,10H2. The van der Waals surface area contributed by atoms with Gasteiger partial charge in [-0.15, -0.1) is 11.3 Å². The van der Waals surface area contributed by atoms with Gasteiger partial charge in [-0.05, 0) is 55.3 Å². The molecule has 2 heterocycles. The predicted molar refractivity (Wildman–Crippen MR) is 94.3 cm³/mol. The maximum absolute atomic E-state index is 6.04. The smallest absolute Gasteiger partial charge is 0.199 e. The molecular formula is C18H16ClNO2S. The van der Waals surface area contributed by atoms with Crippen molar-refractivity contribution in [3.05, 3.63) is 47.5 Å².